The maximum absolute atomic E-state index is 13.1. The van der Waals surface area contributed by atoms with Gasteiger partial charge in [-0.15, -0.1) is 0 Å². The normalized spacial score (nSPS) is 21.5. The Kier molecular flexibility index (Phi) is 6.19. The summed E-state index contributed by atoms with van der Waals surface area (Å²) < 4.78 is 16.1. The number of benzene rings is 2. The zero-order valence-corrected chi connectivity index (χ0v) is 18.5. The van der Waals surface area contributed by atoms with Crippen molar-refractivity contribution in [3.05, 3.63) is 64.7 Å². The smallest absolute Gasteiger partial charge is 0.295 e. The van der Waals surface area contributed by atoms with Crippen molar-refractivity contribution in [1.29, 1.82) is 0 Å². The van der Waals surface area contributed by atoms with Crippen LogP contribution < -0.4 is 9.47 Å². The monoisotopic (exact) mass is 437 g/mol. The number of ketones is 1. The van der Waals surface area contributed by atoms with E-state index in [1.165, 1.54) is 4.90 Å². The zero-order valence-electron chi connectivity index (χ0n) is 18.5. The minimum absolute atomic E-state index is 0.0630. The van der Waals surface area contributed by atoms with Crippen molar-refractivity contribution in [2.45, 2.75) is 31.9 Å². The van der Waals surface area contributed by atoms with Crippen LogP contribution in [0.5, 0.6) is 11.5 Å². The van der Waals surface area contributed by atoms with E-state index in [1.54, 1.807) is 38.5 Å². The van der Waals surface area contributed by atoms with Gasteiger partial charge in [0.05, 0.1) is 18.7 Å². The SMILES string of the molecule is COCCCN1C(=O)C(=O)C(=C(O)c2ccc3c(c2)C[C@@H](C)O3)[C@@H]1c1ccc(OC)cc1. The zero-order chi connectivity index (χ0) is 22.8. The summed E-state index contributed by atoms with van der Waals surface area (Å²) in [6.07, 6.45) is 1.36. The minimum Gasteiger partial charge on any atom is -0.507 e. The van der Waals surface area contributed by atoms with Crippen LogP contribution in [0.15, 0.2) is 48.0 Å². The molecule has 0 spiro atoms. The fraction of sp³-hybridized carbons (Fsp3) is 0.360. The molecule has 7 nitrogen and oxygen atoms in total. The molecular formula is C25H27NO6. The van der Waals surface area contributed by atoms with Gasteiger partial charge in [-0.25, -0.2) is 0 Å². The molecule has 2 atom stereocenters. The van der Waals surface area contributed by atoms with Crippen LogP contribution >= 0.6 is 0 Å². The predicted octanol–water partition coefficient (Wildman–Crippen LogP) is 3.48. The van der Waals surface area contributed by atoms with E-state index >= 15 is 0 Å². The highest BCUT2D eigenvalue weighted by Gasteiger charge is 2.45. The number of hydrogen-bond acceptors (Lipinski definition) is 6. The number of rotatable bonds is 7. The molecule has 2 aliphatic heterocycles. The quantitative estimate of drug-likeness (QED) is 0.309. The molecule has 0 bridgehead atoms. The number of likely N-dealkylation sites (tertiary alicyclic amines) is 1. The van der Waals surface area contributed by atoms with Crippen LogP contribution in [0, 0.1) is 0 Å². The molecule has 0 saturated carbocycles. The Labute approximate surface area is 187 Å². The number of carbonyl (C=O) groups excluding carboxylic acids is 2. The van der Waals surface area contributed by atoms with E-state index in [2.05, 4.69) is 0 Å². The van der Waals surface area contributed by atoms with Gasteiger partial charge in [-0.3, -0.25) is 9.59 Å². The van der Waals surface area contributed by atoms with Gasteiger partial charge in [0, 0.05) is 32.2 Å². The number of carbonyl (C=O) groups is 2. The second kappa shape index (κ2) is 9.04. The van der Waals surface area contributed by atoms with Gasteiger partial charge in [0.2, 0.25) is 0 Å². The molecular weight excluding hydrogens is 410 g/mol. The van der Waals surface area contributed by atoms with Gasteiger partial charge >= 0.3 is 0 Å². The molecule has 0 aromatic heterocycles. The van der Waals surface area contributed by atoms with Crippen molar-refractivity contribution in [2.75, 3.05) is 27.4 Å². The largest absolute Gasteiger partial charge is 0.507 e. The van der Waals surface area contributed by atoms with Gasteiger partial charge in [-0.1, -0.05) is 12.1 Å². The van der Waals surface area contributed by atoms with E-state index in [0.717, 1.165) is 23.3 Å². The first-order valence-corrected chi connectivity index (χ1v) is 10.7. The van der Waals surface area contributed by atoms with Gasteiger partial charge in [0.25, 0.3) is 11.7 Å². The molecule has 1 fully saturated rings. The molecule has 2 aliphatic rings. The number of aliphatic hydroxyl groups excluding tert-OH is 1. The topological polar surface area (TPSA) is 85.3 Å². The van der Waals surface area contributed by atoms with Gasteiger partial charge in [0.15, 0.2) is 0 Å². The molecule has 4 rings (SSSR count). The average molecular weight is 437 g/mol. The summed E-state index contributed by atoms with van der Waals surface area (Å²) in [5.41, 5.74) is 2.28. The van der Waals surface area contributed by atoms with Crippen molar-refractivity contribution in [3.8, 4) is 11.5 Å². The molecule has 0 radical (unpaired) electrons. The second-order valence-electron chi connectivity index (χ2n) is 8.07. The first kappa shape index (κ1) is 21.9. The van der Waals surface area contributed by atoms with Crippen LogP contribution in [-0.2, 0) is 20.7 Å². The Hall–Kier alpha value is -3.32. The van der Waals surface area contributed by atoms with Gasteiger partial charge in [-0.2, -0.15) is 0 Å². The maximum atomic E-state index is 13.1. The van der Waals surface area contributed by atoms with Crippen molar-refractivity contribution in [2.24, 2.45) is 0 Å². The molecule has 1 amide bonds. The summed E-state index contributed by atoms with van der Waals surface area (Å²) in [5, 5.41) is 11.2. The summed E-state index contributed by atoms with van der Waals surface area (Å²) in [4.78, 5) is 27.5. The Bertz CT molecular complexity index is 1060. The molecule has 7 heteroatoms. The molecule has 2 aromatic rings. The van der Waals surface area contributed by atoms with Crippen molar-refractivity contribution in [1.82, 2.24) is 4.90 Å². The summed E-state index contributed by atoms with van der Waals surface area (Å²) in [5.74, 6) is -0.0493. The molecule has 2 aromatic carbocycles. The first-order chi connectivity index (χ1) is 15.4. The number of hydrogen-bond donors (Lipinski definition) is 1. The number of Topliss-reactive ketones (excluding diaryl/α,β-unsaturated/α-hetero) is 1. The number of fused-ring (bicyclic) bond motifs is 1. The lowest BCUT2D eigenvalue weighted by Crippen LogP contribution is -2.31. The Morgan fingerprint density at radius 2 is 1.91 bits per heavy atom. The van der Waals surface area contributed by atoms with E-state index < -0.39 is 17.7 Å². The minimum atomic E-state index is -0.693. The Morgan fingerprint density at radius 1 is 1.16 bits per heavy atom. The fourth-order valence-electron chi connectivity index (χ4n) is 4.35. The lowest BCUT2D eigenvalue weighted by atomic mass is 9.94. The van der Waals surface area contributed by atoms with E-state index in [9.17, 15) is 14.7 Å². The molecule has 1 saturated heterocycles. The maximum Gasteiger partial charge on any atom is 0.295 e. The molecule has 0 aliphatic carbocycles. The number of amides is 1. The van der Waals surface area contributed by atoms with Crippen LogP contribution in [0.25, 0.3) is 5.76 Å². The fourth-order valence-corrected chi connectivity index (χ4v) is 4.35. The Balaban J connectivity index is 1.79. The third-order valence-corrected chi connectivity index (χ3v) is 5.89. The van der Waals surface area contributed by atoms with E-state index in [-0.39, 0.29) is 17.4 Å². The summed E-state index contributed by atoms with van der Waals surface area (Å²) in [6.45, 7) is 2.78. The lowest BCUT2D eigenvalue weighted by Gasteiger charge is -2.25. The van der Waals surface area contributed by atoms with Gasteiger partial charge < -0.3 is 24.2 Å². The van der Waals surface area contributed by atoms with Crippen LogP contribution in [0.3, 0.4) is 0 Å². The summed E-state index contributed by atoms with van der Waals surface area (Å²) >= 11 is 0. The molecule has 32 heavy (non-hydrogen) atoms. The first-order valence-electron chi connectivity index (χ1n) is 10.7. The average Bonchev–Trinajstić information content (AvgIpc) is 3.29. The highest BCUT2D eigenvalue weighted by molar-refractivity contribution is 6.46. The van der Waals surface area contributed by atoms with Crippen molar-refractivity contribution >= 4 is 17.4 Å². The molecule has 2 heterocycles. The third kappa shape index (κ3) is 3.96. The van der Waals surface area contributed by atoms with E-state index in [4.69, 9.17) is 14.2 Å². The van der Waals surface area contributed by atoms with Crippen molar-refractivity contribution in [3.63, 3.8) is 0 Å². The van der Waals surface area contributed by atoms with Crippen LogP contribution in [0.1, 0.15) is 36.1 Å². The highest BCUT2D eigenvalue weighted by atomic mass is 16.5. The number of aliphatic hydroxyl groups is 1. The predicted molar refractivity (Wildman–Crippen MR) is 119 cm³/mol. The van der Waals surface area contributed by atoms with Crippen molar-refractivity contribution < 1.29 is 28.9 Å². The summed E-state index contributed by atoms with van der Waals surface area (Å²) in [7, 11) is 3.16. The molecule has 0 unspecified atom stereocenters. The summed E-state index contributed by atoms with van der Waals surface area (Å²) in [6, 6.07) is 11.8. The number of methoxy groups -OCH3 is 2. The highest BCUT2D eigenvalue weighted by Crippen LogP contribution is 2.41. The van der Waals surface area contributed by atoms with Crippen LogP contribution in [-0.4, -0.2) is 55.2 Å². The van der Waals surface area contributed by atoms with E-state index in [1.807, 2.05) is 25.1 Å². The number of ether oxygens (including phenoxy) is 3. The lowest BCUT2D eigenvalue weighted by molar-refractivity contribution is -0.140. The van der Waals surface area contributed by atoms with Gasteiger partial charge in [0.1, 0.15) is 23.4 Å². The number of nitrogens with zero attached hydrogens (tertiary/aromatic N) is 1. The third-order valence-electron chi connectivity index (χ3n) is 5.89. The van der Waals surface area contributed by atoms with E-state index in [0.29, 0.717) is 30.9 Å². The van der Waals surface area contributed by atoms with Crippen LogP contribution in [0.4, 0.5) is 0 Å². The second-order valence-corrected chi connectivity index (χ2v) is 8.07. The van der Waals surface area contributed by atoms with Gasteiger partial charge in [-0.05, 0) is 54.8 Å². The standard InChI is InChI=1S/C25H27NO6/c1-15-13-18-14-17(7-10-20(18)32-15)23(27)21-22(16-5-8-19(31-3)9-6-16)26(11-4-12-30-2)25(29)24(21)28/h5-10,14-15,22,27H,4,11-13H2,1-3H3/t15-,22+/m1/s1. The molecule has 1 N–H and O–H groups in total. The Morgan fingerprint density at radius 3 is 2.59 bits per heavy atom. The van der Waals surface area contributed by atoms with Crippen LogP contribution in [0.2, 0.25) is 0 Å². The molecule has 168 valence electrons.